The highest BCUT2D eigenvalue weighted by Gasteiger charge is 2.43. The molecule has 13 heteroatoms. The predicted octanol–water partition coefficient (Wildman–Crippen LogP) is 15.8. The summed E-state index contributed by atoms with van der Waals surface area (Å²) in [6, 6.07) is 18.5. The molecule has 0 bridgehead atoms. The monoisotopic (exact) mass is 844 g/mol. The van der Waals surface area contributed by atoms with Crippen LogP contribution in [0, 0.1) is 29.4 Å². The van der Waals surface area contributed by atoms with Crippen LogP contribution in [0.25, 0.3) is 52.8 Å². The van der Waals surface area contributed by atoms with Crippen LogP contribution in [-0.4, -0.2) is 21.5 Å². The number of fused-ring (bicyclic) bond motifs is 1. The molecule has 2 aliphatic carbocycles. The molecule has 8 rings (SSSR count). The van der Waals surface area contributed by atoms with Gasteiger partial charge >= 0.3 is 12.7 Å². The highest BCUT2D eigenvalue weighted by Crippen LogP contribution is 2.44. The lowest BCUT2D eigenvalue weighted by atomic mass is 9.82. The normalized spacial score (nSPS) is 17.5. The molecule has 0 N–H and O–H groups in total. The molecule has 3 heterocycles. The number of hydrogen-bond acceptors (Lipinski definition) is 7. The number of halogens is 6. The van der Waals surface area contributed by atoms with Crippen molar-refractivity contribution >= 4 is 45.4 Å². The summed E-state index contributed by atoms with van der Waals surface area (Å²) in [7, 11) is 0. The first kappa shape index (κ1) is 42.7. The van der Waals surface area contributed by atoms with E-state index in [2.05, 4.69) is 27.3 Å². The molecule has 0 unspecified atom stereocenters. The van der Waals surface area contributed by atoms with Crippen LogP contribution in [0.2, 0.25) is 0 Å². The maximum Gasteiger partial charge on any atom is 0.400 e. The topological polar surface area (TPSA) is 44.2 Å². The quantitative estimate of drug-likeness (QED) is 0.136. The van der Waals surface area contributed by atoms with Gasteiger partial charge in [-0.05, 0) is 73.2 Å². The lowest BCUT2D eigenvalue weighted by Crippen LogP contribution is -2.37. The number of nitrogens with zero attached hydrogens (tertiary/aromatic N) is 2. The average Bonchev–Trinajstić information content (AvgIpc) is 3.98. The van der Waals surface area contributed by atoms with E-state index in [1.807, 2.05) is 38.1 Å². The maximum atomic E-state index is 15.3. The summed E-state index contributed by atoms with van der Waals surface area (Å²) in [5, 5.41) is 0. The molecule has 2 saturated carbocycles. The van der Waals surface area contributed by atoms with Crippen LogP contribution >= 0.6 is 34.4 Å². The minimum Gasteiger partial charge on any atom is -0.435 e. The van der Waals surface area contributed by atoms with Crippen molar-refractivity contribution in [1.29, 1.82) is 0 Å². The third-order valence-corrected chi connectivity index (χ3v) is 13.3. The largest absolute Gasteiger partial charge is 0.435 e. The van der Waals surface area contributed by atoms with Crippen LogP contribution in [0.15, 0.2) is 72.8 Å². The van der Waals surface area contributed by atoms with Crippen LogP contribution in [-0.2, 0) is 0 Å². The number of benzene rings is 3. The molecule has 2 fully saturated rings. The molecule has 2 aliphatic rings. The molecule has 57 heavy (non-hydrogen) atoms. The molecule has 304 valence electrons. The Hall–Kier alpha value is -3.94. The Labute approximate surface area is 342 Å². The summed E-state index contributed by atoms with van der Waals surface area (Å²) in [6.45, 7) is 5.37. The van der Waals surface area contributed by atoms with E-state index < -0.39 is 30.3 Å². The van der Waals surface area contributed by atoms with Gasteiger partial charge in [0.05, 0.1) is 17.6 Å². The highest BCUT2D eigenvalue weighted by molar-refractivity contribution is 7.19. The number of aromatic nitrogens is 2. The Morgan fingerprint density at radius 2 is 1.04 bits per heavy atom. The van der Waals surface area contributed by atoms with Crippen molar-refractivity contribution in [2.45, 2.75) is 98.2 Å². The Morgan fingerprint density at radius 3 is 1.49 bits per heavy atom. The lowest BCUT2D eigenvalue weighted by Gasteiger charge is -2.32. The molecule has 0 amide bonds. The number of rotatable bonds is 9. The summed E-state index contributed by atoms with van der Waals surface area (Å²) in [6.07, 6.45) is 6.26. The zero-order chi connectivity index (χ0) is 40.7. The van der Waals surface area contributed by atoms with Gasteiger partial charge in [-0.1, -0.05) is 84.8 Å². The summed E-state index contributed by atoms with van der Waals surface area (Å²) >= 11 is 3.70. The standard InChI is InChI=1S/C35H26F6N2O2S3.C7H14.C2H6/c1-18-2-4-19(5-3-18)35(40,41)45-21-7-9-23(27(37)17-21)29-13-15-31(47-29)25-11-10-24(32-33(25)43-48-42-32)30-14-12-28(46-30)22-8-6-20(16-26(22)36)44-34(38)39;1-7-5-3-2-4-6-7;1-2/h6-19,34H,2-5H2,1H3;7H,2-6H2,1H3;1-2H3. The Balaban J connectivity index is 0.000000545. The Kier molecular flexibility index (Phi) is 14.4. The van der Waals surface area contributed by atoms with E-state index in [1.54, 1.807) is 12.1 Å². The van der Waals surface area contributed by atoms with Gasteiger partial charge in [-0.2, -0.15) is 26.3 Å². The zero-order valence-electron chi connectivity index (χ0n) is 32.3. The molecule has 0 spiro atoms. The Bertz CT molecular complexity index is 2220. The van der Waals surface area contributed by atoms with E-state index in [9.17, 15) is 22.0 Å². The fourth-order valence-corrected chi connectivity index (χ4v) is 9.99. The summed E-state index contributed by atoms with van der Waals surface area (Å²) in [5.41, 5.74) is 3.38. The average molecular weight is 845 g/mol. The van der Waals surface area contributed by atoms with Crippen LogP contribution in [0.5, 0.6) is 11.5 Å². The second kappa shape index (κ2) is 19.2. The lowest BCUT2D eigenvalue weighted by molar-refractivity contribution is -0.223. The minimum absolute atomic E-state index is 0.209. The molecule has 0 aliphatic heterocycles. The van der Waals surface area contributed by atoms with Gasteiger partial charge in [0.15, 0.2) is 0 Å². The fraction of sp³-hybridized carbons (Fsp3) is 0.409. The van der Waals surface area contributed by atoms with Crippen molar-refractivity contribution in [2.24, 2.45) is 17.8 Å². The number of alkyl halides is 4. The number of thiophene rings is 2. The van der Waals surface area contributed by atoms with Gasteiger partial charge in [-0.3, -0.25) is 0 Å². The first-order valence-electron chi connectivity index (χ1n) is 19.5. The summed E-state index contributed by atoms with van der Waals surface area (Å²) < 4.78 is 103. The third kappa shape index (κ3) is 10.4. The molecule has 3 aromatic carbocycles. The maximum absolute atomic E-state index is 15.3. The minimum atomic E-state index is -3.37. The smallest absolute Gasteiger partial charge is 0.400 e. The van der Waals surface area contributed by atoms with Crippen LogP contribution in [0.4, 0.5) is 26.3 Å². The second-order valence-corrected chi connectivity index (χ2v) is 17.2. The van der Waals surface area contributed by atoms with Gasteiger partial charge in [0.2, 0.25) is 0 Å². The molecule has 0 saturated heterocycles. The van der Waals surface area contributed by atoms with Gasteiger partial charge in [-0.15, -0.1) is 22.7 Å². The van der Waals surface area contributed by atoms with Gasteiger partial charge in [0.1, 0.15) is 34.2 Å². The fourth-order valence-electron chi connectivity index (χ4n) is 7.29. The van der Waals surface area contributed by atoms with E-state index >= 15 is 4.39 Å². The highest BCUT2D eigenvalue weighted by atomic mass is 32.1. The van der Waals surface area contributed by atoms with Crippen molar-refractivity contribution in [1.82, 2.24) is 8.75 Å². The van der Waals surface area contributed by atoms with Crippen molar-refractivity contribution in [3.8, 4) is 53.3 Å². The zero-order valence-corrected chi connectivity index (χ0v) is 34.8. The number of ether oxygens (including phenoxy) is 2. The van der Waals surface area contributed by atoms with E-state index in [4.69, 9.17) is 4.74 Å². The first-order chi connectivity index (χ1) is 27.4. The van der Waals surface area contributed by atoms with E-state index in [0.29, 0.717) is 39.5 Å². The van der Waals surface area contributed by atoms with Gasteiger partial charge < -0.3 is 9.47 Å². The summed E-state index contributed by atoms with van der Waals surface area (Å²) in [5.74, 6) is -1.25. The van der Waals surface area contributed by atoms with Crippen LogP contribution < -0.4 is 9.47 Å². The van der Waals surface area contributed by atoms with Crippen molar-refractivity contribution in [2.75, 3.05) is 0 Å². The van der Waals surface area contributed by atoms with Gasteiger partial charge in [0, 0.05) is 53.9 Å². The molecule has 0 radical (unpaired) electrons. The van der Waals surface area contributed by atoms with Crippen LogP contribution in [0.3, 0.4) is 0 Å². The molecular weight excluding hydrogens is 799 g/mol. The molecule has 3 aromatic heterocycles. The summed E-state index contributed by atoms with van der Waals surface area (Å²) in [4.78, 5) is 2.83. The SMILES string of the molecule is CC.CC1CCC(C(F)(F)Oc2ccc(-c3ccc(-c4ccc(-c5ccc(-c6ccc(OC(F)F)cc6F)s5)c5nsnc45)s3)c(F)c2)CC1.CC1CCCCC1. The van der Waals surface area contributed by atoms with Crippen molar-refractivity contribution < 1.29 is 35.8 Å². The van der Waals surface area contributed by atoms with Crippen molar-refractivity contribution in [3.63, 3.8) is 0 Å². The van der Waals surface area contributed by atoms with E-state index in [1.165, 1.54) is 79.0 Å². The molecule has 6 aromatic rings. The van der Waals surface area contributed by atoms with E-state index in [-0.39, 0.29) is 22.6 Å². The van der Waals surface area contributed by atoms with Gasteiger partial charge in [-0.25, -0.2) is 8.78 Å². The number of hydrogen-bond donors (Lipinski definition) is 0. The Morgan fingerprint density at radius 1 is 0.596 bits per heavy atom. The van der Waals surface area contributed by atoms with Gasteiger partial charge in [0.25, 0.3) is 0 Å². The second-order valence-electron chi connectivity index (χ2n) is 14.5. The molecule has 0 atom stereocenters. The first-order valence-corrected chi connectivity index (χ1v) is 21.9. The molecular formula is C44H46F6N2O2S3. The third-order valence-electron chi connectivity index (χ3n) is 10.4. The van der Waals surface area contributed by atoms with Crippen LogP contribution in [0.1, 0.15) is 85.5 Å². The van der Waals surface area contributed by atoms with Crippen molar-refractivity contribution in [3.05, 3.63) is 84.4 Å². The molecule has 4 nitrogen and oxygen atoms in total. The van der Waals surface area contributed by atoms with E-state index in [0.717, 1.165) is 63.5 Å². The predicted molar refractivity (Wildman–Crippen MR) is 222 cm³/mol.